The zero-order chi connectivity index (χ0) is 27.8. The monoisotopic (exact) mass is 552 g/mol. The van der Waals surface area contributed by atoms with Gasteiger partial charge in [0.25, 0.3) is 0 Å². The van der Waals surface area contributed by atoms with E-state index < -0.39 is 44.5 Å². The number of halogens is 6. The van der Waals surface area contributed by atoms with Gasteiger partial charge in [0.15, 0.2) is 0 Å². The quantitative estimate of drug-likeness (QED) is 0.253. The van der Waals surface area contributed by atoms with Crippen LogP contribution in [0.15, 0.2) is 113 Å². The lowest BCUT2D eigenvalue weighted by molar-refractivity contribution is -0.288. The molecular weight excluding hydrogens is 534 g/mol. The van der Waals surface area contributed by atoms with E-state index in [9.17, 15) is 39.9 Å². The summed E-state index contributed by atoms with van der Waals surface area (Å²) in [6, 6.07) is 18.7. The zero-order valence-electron chi connectivity index (χ0n) is 19.2. The molecule has 1 N–H and O–H groups in total. The average molecular weight is 552 g/mol. The summed E-state index contributed by atoms with van der Waals surface area (Å²) < 4.78 is 116. The van der Waals surface area contributed by atoms with Crippen molar-refractivity contribution < 1.29 is 44.6 Å². The number of hydrogen-bond acceptors (Lipinski definition) is 4. The van der Waals surface area contributed by atoms with Crippen molar-refractivity contribution in [2.45, 2.75) is 27.6 Å². The van der Waals surface area contributed by atoms with Crippen LogP contribution in [-0.4, -0.2) is 25.9 Å². The third kappa shape index (κ3) is 4.81. The fraction of sp³-hybridized carbons (Fsp3) is 0.111. The zero-order valence-corrected chi connectivity index (χ0v) is 20.0. The van der Waals surface area contributed by atoms with Gasteiger partial charge >= 0.3 is 12.4 Å². The molecule has 0 aliphatic heterocycles. The first-order valence-electron chi connectivity index (χ1n) is 10.9. The molecule has 4 nitrogen and oxygen atoms in total. The number of phenols is 1. The third-order valence-electron chi connectivity index (χ3n) is 5.86. The Morgan fingerprint density at radius 2 is 0.947 bits per heavy atom. The first-order valence-corrected chi connectivity index (χ1v) is 12.4. The number of aromatic hydroxyl groups is 1. The number of hydrogen-bond donors (Lipinski definition) is 1. The molecule has 0 saturated carbocycles. The van der Waals surface area contributed by atoms with Crippen molar-refractivity contribution >= 4 is 9.84 Å². The maximum absolute atomic E-state index is 14.2. The minimum absolute atomic E-state index is 0.0274. The average Bonchev–Trinajstić information content (AvgIpc) is 2.86. The summed E-state index contributed by atoms with van der Waals surface area (Å²) in [5, 5.41) is 9.38. The fourth-order valence-electron chi connectivity index (χ4n) is 4.03. The first kappa shape index (κ1) is 27.1. The van der Waals surface area contributed by atoms with Gasteiger partial charge in [-0.25, -0.2) is 8.42 Å². The van der Waals surface area contributed by atoms with Crippen LogP contribution in [0.5, 0.6) is 17.2 Å². The molecule has 0 bridgehead atoms. The normalized spacial score (nSPS) is 12.8. The Hall–Kier alpha value is -3.99. The van der Waals surface area contributed by atoms with Gasteiger partial charge in [-0.1, -0.05) is 42.5 Å². The van der Waals surface area contributed by atoms with E-state index >= 15 is 0 Å². The van der Waals surface area contributed by atoms with Gasteiger partial charge in [0.1, 0.15) is 17.2 Å². The van der Waals surface area contributed by atoms with Crippen LogP contribution in [0.3, 0.4) is 0 Å². The minimum atomic E-state index is -5.77. The van der Waals surface area contributed by atoms with Crippen LogP contribution in [0.2, 0.25) is 0 Å². The lowest BCUT2D eigenvalue weighted by Crippen LogP contribution is -2.54. The molecule has 0 unspecified atom stereocenters. The molecule has 0 radical (unpaired) electrons. The van der Waals surface area contributed by atoms with Crippen LogP contribution < -0.4 is 4.74 Å². The number of benzene rings is 4. The molecule has 11 heteroatoms. The molecule has 0 atom stereocenters. The van der Waals surface area contributed by atoms with Gasteiger partial charge in [-0.3, -0.25) is 0 Å². The summed E-state index contributed by atoms with van der Waals surface area (Å²) >= 11 is 0. The molecule has 0 aliphatic carbocycles. The Kier molecular flexibility index (Phi) is 6.92. The highest BCUT2D eigenvalue weighted by molar-refractivity contribution is 7.91. The molecule has 0 heterocycles. The molecule has 4 aromatic rings. The van der Waals surface area contributed by atoms with Gasteiger partial charge in [-0.2, -0.15) is 26.3 Å². The van der Waals surface area contributed by atoms with Crippen molar-refractivity contribution in [3.8, 4) is 17.2 Å². The highest BCUT2D eigenvalue weighted by Crippen LogP contribution is 2.56. The Morgan fingerprint density at radius 1 is 0.553 bits per heavy atom. The minimum Gasteiger partial charge on any atom is -0.508 e. The van der Waals surface area contributed by atoms with Gasteiger partial charge in [0, 0.05) is 0 Å². The number of phenolic OH excluding ortho intramolecular Hbond substituents is 1. The van der Waals surface area contributed by atoms with Crippen molar-refractivity contribution in [2.75, 3.05) is 0 Å². The molecule has 0 saturated heterocycles. The van der Waals surface area contributed by atoms with Gasteiger partial charge in [0.05, 0.1) is 9.79 Å². The standard InChI is InChI=1S/C27H18F6O4S/c28-26(29,30)25(27(31,32)33,18-6-10-20(34)11-7-18)19-8-12-21(13-9-19)37-22-14-16-24(17-15-22)38(35,36)23-4-2-1-3-5-23/h1-17,34H. The van der Waals surface area contributed by atoms with Crippen LogP contribution in [0, 0.1) is 0 Å². The highest BCUT2D eigenvalue weighted by atomic mass is 32.2. The molecule has 0 fully saturated rings. The van der Waals surface area contributed by atoms with Crippen molar-refractivity contribution in [1.82, 2.24) is 0 Å². The van der Waals surface area contributed by atoms with Gasteiger partial charge < -0.3 is 9.84 Å². The summed E-state index contributed by atoms with van der Waals surface area (Å²) in [6.07, 6.45) is -11.5. The van der Waals surface area contributed by atoms with E-state index in [4.69, 9.17) is 4.74 Å². The molecular formula is C27H18F6O4S. The van der Waals surface area contributed by atoms with Crippen LogP contribution in [0.4, 0.5) is 26.3 Å². The fourth-order valence-corrected chi connectivity index (χ4v) is 5.31. The Balaban J connectivity index is 1.65. The molecule has 4 aromatic carbocycles. The molecule has 4 rings (SSSR count). The predicted molar refractivity (Wildman–Crippen MR) is 126 cm³/mol. The van der Waals surface area contributed by atoms with Gasteiger partial charge in [0.2, 0.25) is 15.3 Å². The second-order valence-corrected chi connectivity index (χ2v) is 10.2. The van der Waals surface area contributed by atoms with E-state index in [1.54, 1.807) is 18.2 Å². The van der Waals surface area contributed by atoms with Crippen LogP contribution >= 0.6 is 0 Å². The Morgan fingerprint density at radius 3 is 1.39 bits per heavy atom. The van der Waals surface area contributed by atoms with Gasteiger partial charge in [-0.15, -0.1) is 0 Å². The van der Waals surface area contributed by atoms with E-state index in [2.05, 4.69) is 0 Å². The summed E-state index contributed by atoms with van der Waals surface area (Å²) in [5.41, 5.74) is -6.57. The molecule has 0 aliphatic rings. The van der Waals surface area contributed by atoms with Crippen molar-refractivity contribution in [3.05, 3.63) is 114 Å². The van der Waals surface area contributed by atoms with Crippen LogP contribution in [0.1, 0.15) is 11.1 Å². The molecule has 0 aromatic heterocycles. The number of alkyl halides is 6. The van der Waals surface area contributed by atoms with Crippen molar-refractivity contribution in [3.63, 3.8) is 0 Å². The van der Waals surface area contributed by atoms with Crippen molar-refractivity contribution in [2.24, 2.45) is 0 Å². The molecule has 38 heavy (non-hydrogen) atoms. The first-order chi connectivity index (χ1) is 17.8. The van der Waals surface area contributed by atoms with E-state index in [-0.39, 0.29) is 21.3 Å². The number of sulfone groups is 1. The summed E-state index contributed by atoms with van der Waals surface area (Å²) in [6.45, 7) is 0. The smallest absolute Gasteiger partial charge is 0.411 e. The SMILES string of the molecule is O=S(=O)(c1ccccc1)c1ccc(Oc2ccc(C(c3ccc(O)cc3)(C(F)(F)F)C(F)(F)F)cc2)cc1. The van der Waals surface area contributed by atoms with Gasteiger partial charge in [-0.05, 0) is 71.8 Å². The number of ether oxygens (including phenoxy) is 1. The Labute approximate surface area is 213 Å². The van der Waals surface area contributed by atoms with E-state index in [1.807, 2.05) is 0 Å². The van der Waals surface area contributed by atoms with E-state index in [0.717, 1.165) is 24.3 Å². The largest absolute Gasteiger partial charge is 0.508 e. The van der Waals surface area contributed by atoms with Crippen molar-refractivity contribution in [1.29, 1.82) is 0 Å². The predicted octanol–water partition coefficient (Wildman–Crippen LogP) is 7.43. The molecule has 198 valence electrons. The summed E-state index contributed by atoms with van der Waals surface area (Å²) in [5.74, 6) is -0.448. The maximum Gasteiger partial charge on any atom is 0.411 e. The summed E-state index contributed by atoms with van der Waals surface area (Å²) in [4.78, 5) is 0.0520. The molecule has 0 spiro atoms. The van der Waals surface area contributed by atoms with E-state index in [0.29, 0.717) is 24.3 Å². The second-order valence-electron chi connectivity index (χ2n) is 8.21. The van der Waals surface area contributed by atoms with Crippen LogP contribution in [0.25, 0.3) is 0 Å². The molecule has 0 amide bonds. The lowest BCUT2D eigenvalue weighted by Gasteiger charge is -2.38. The maximum atomic E-state index is 14.2. The Bertz CT molecular complexity index is 1480. The number of rotatable bonds is 6. The third-order valence-corrected chi connectivity index (χ3v) is 7.65. The topological polar surface area (TPSA) is 63.6 Å². The summed E-state index contributed by atoms with van der Waals surface area (Å²) in [7, 11) is -3.79. The lowest BCUT2D eigenvalue weighted by atomic mass is 9.73. The van der Waals surface area contributed by atoms with E-state index in [1.165, 1.54) is 36.4 Å². The van der Waals surface area contributed by atoms with Crippen LogP contribution in [-0.2, 0) is 15.3 Å². The second kappa shape index (κ2) is 9.71. The highest BCUT2D eigenvalue weighted by Gasteiger charge is 2.72.